The number of hydrogen-bond donors (Lipinski definition) is 2. The van der Waals surface area contributed by atoms with E-state index in [9.17, 15) is 9.59 Å². The highest BCUT2D eigenvalue weighted by Crippen LogP contribution is 2.10. The fourth-order valence-corrected chi connectivity index (χ4v) is 2.86. The van der Waals surface area contributed by atoms with Gasteiger partial charge in [-0.3, -0.25) is 9.79 Å². The number of nitrogens with two attached hydrogens (primary N) is 1. The average molecular weight is 416 g/mol. The van der Waals surface area contributed by atoms with Crippen molar-refractivity contribution in [3.05, 3.63) is 47.7 Å². The Labute approximate surface area is 181 Å². The lowest BCUT2D eigenvalue weighted by Gasteiger charge is -2.17. The molecular formula is C24H37N3O3. The Kier molecular flexibility index (Phi) is 12.4. The zero-order chi connectivity index (χ0) is 22.4. The molecule has 0 aliphatic heterocycles. The van der Waals surface area contributed by atoms with Crippen LogP contribution in [0.15, 0.2) is 47.1 Å². The van der Waals surface area contributed by atoms with E-state index in [-0.39, 0.29) is 18.4 Å². The summed E-state index contributed by atoms with van der Waals surface area (Å²) in [5.41, 5.74) is 8.14. The van der Waals surface area contributed by atoms with Gasteiger partial charge in [-0.2, -0.15) is 0 Å². The van der Waals surface area contributed by atoms with Gasteiger partial charge in [0, 0.05) is 12.3 Å². The van der Waals surface area contributed by atoms with Crippen LogP contribution in [-0.2, 0) is 20.9 Å². The number of nitrogens with zero attached hydrogens (tertiary/aromatic N) is 1. The van der Waals surface area contributed by atoms with E-state index < -0.39 is 12.0 Å². The Balaban J connectivity index is 2.57. The van der Waals surface area contributed by atoms with Crippen molar-refractivity contribution >= 4 is 17.6 Å². The van der Waals surface area contributed by atoms with E-state index in [0.717, 1.165) is 37.0 Å². The maximum absolute atomic E-state index is 12.4. The molecule has 6 heteroatoms. The van der Waals surface area contributed by atoms with Gasteiger partial charge < -0.3 is 15.8 Å². The standard InChI is InChI=1S/C24H37N3O3/c1-5-12-20(15-11-16-26-23(28)22(25)18(4)6-2)27-21(7-3)24(29)30-17-19-13-9-8-10-14-19/h7-10,13-14,18,22H,5-6,11-12,15-17,25H2,1-4H3,(H,26,28)/b21-7-,27-20?. The number of rotatable bonds is 13. The van der Waals surface area contributed by atoms with Gasteiger partial charge >= 0.3 is 5.97 Å². The number of nitrogens with one attached hydrogen (secondary N) is 1. The highest BCUT2D eigenvalue weighted by Gasteiger charge is 2.18. The molecule has 3 N–H and O–H groups in total. The van der Waals surface area contributed by atoms with Gasteiger partial charge in [0.25, 0.3) is 0 Å². The van der Waals surface area contributed by atoms with Crippen LogP contribution in [0, 0.1) is 5.92 Å². The van der Waals surface area contributed by atoms with Crippen LogP contribution in [0.2, 0.25) is 0 Å². The molecule has 0 aliphatic carbocycles. The first kappa shape index (κ1) is 25.6. The molecule has 0 spiro atoms. The second-order valence-corrected chi connectivity index (χ2v) is 7.47. The maximum atomic E-state index is 12.4. The molecule has 6 nitrogen and oxygen atoms in total. The number of carbonyl (C=O) groups is 2. The first-order valence-corrected chi connectivity index (χ1v) is 10.9. The lowest BCUT2D eigenvalue weighted by molar-refractivity contribution is -0.140. The summed E-state index contributed by atoms with van der Waals surface area (Å²) < 4.78 is 5.39. The second kappa shape index (κ2) is 14.5. The molecule has 1 aromatic rings. The van der Waals surface area contributed by atoms with E-state index in [4.69, 9.17) is 10.5 Å². The number of amides is 1. The average Bonchev–Trinajstić information content (AvgIpc) is 2.77. The summed E-state index contributed by atoms with van der Waals surface area (Å²) in [7, 11) is 0. The van der Waals surface area contributed by atoms with E-state index in [1.54, 1.807) is 13.0 Å². The Morgan fingerprint density at radius 2 is 1.90 bits per heavy atom. The van der Waals surface area contributed by atoms with Gasteiger partial charge in [0.2, 0.25) is 5.91 Å². The fourth-order valence-electron chi connectivity index (χ4n) is 2.86. The lowest BCUT2D eigenvalue weighted by Crippen LogP contribution is -2.44. The van der Waals surface area contributed by atoms with Gasteiger partial charge in [-0.15, -0.1) is 0 Å². The number of ether oxygens (including phenoxy) is 1. The third kappa shape index (κ3) is 9.35. The molecule has 0 aliphatic rings. The van der Waals surface area contributed by atoms with E-state index >= 15 is 0 Å². The molecule has 0 saturated carbocycles. The molecule has 166 valence electrons. The van der Waals surface area contributed by atoms with E-state index in [0.29, 0.717) is 18.7 Å². The van der Waals surface area contributed by atoms with Crippen molar-refractivity contribution in [1.29, 1.82) is 0 Å². The molecule has 2 unspecified atom stereocenters. The zero-order valence-electron chi connectivity index (χ0n) is 18.8. The van der Waals surface area contributed by atoms with Crippen molar-refractivity contribution in [2.24, 2.45) is 16.6 Å². The summed E-state index contributed by atoms with van der Waals surface area (Å²) in [6, 6.07) is 9.08. The summed E-state index contributed by atoms with van der Waals surface area (Å²) in [4.78, 5) is 29.0. The van der Waals surface area contributed by atoms with Crippen LogP contribution in [0.3, 0.4) is 0 Å². The van der Waals surface area contributed by atoms with Crippen LogP contribution in [-0.4, -0.2) is 30.2 Å². The minimum atomic E-state index is -0.479. The summed E-state index contributed by atoms with van der Waals surface area (Å²) in [5.74, 6) is -0.388. The Bertz CT molecular complexity index is 714. The van der Waals surface area contributed by atoms with Crippen LogP contribution >= 0.6 is 0 Å². The van der Waals surface area contributed by atoms with Crippen molar-refractivity contribution in [2.75, 3.05) is 6.54 Å². The van der Waals surface area contributed by atoms with Crippen molar-refractivity contribution in [2.45, 2.75) is 72.4 Å². The molecule has 0 fully saturated rings. The first-order valence-electron chi connectivity index (χ1n) is 10.9. The third-order valence-electron chi connectivity index (χ3n) is 5.01. The predicted molar refractivity (Wildman–Crippen MR) is 122 cm³/mol. The number of esters is 1. The predicted octanol–water partition coefficient (Wildman–Crippen LogP) is 4.14. The molecule has 0 aromatic heterocycles. The highest BCUT2D eigenvalue weighted by atomic mass is 16.5. The van der Waals surface area contributed by atoms with Gasteiger partial charge in [0.05, 0.1) is 6.04 Å². The fraction of sp³-hybridized carbons (Fsp3) is 0.542. The molecule has 1 rings (SSSR count). The quantitative estimate of drug-likeness (QED) is 0.219. The van der Waals surface area contributed by atoms with Gasteiger partial charge in [0.1, 0.15) is 12.3 Å². The monoisotopic (exact) mass is 415 g/mol. The minimum Gasteiger partial charge on any atom is -0.456 e. The van der Waals surface area contributed by atoms with E-state index in [1.165, 1.54) is 0 Å². The van der Waals surface area contributed by atoms with Crippen LogP contribution in [0.1, 0.15) is 65.4 Å². The van der Waals surface area contributed by atoms with Gasteiger partial charge in [-0.25, -0.2) is 4.79 Å². The molecule has 0 bridgehead atoms. The minimum absolute atomic E-state index is 0.114. The summed E-state index contributed by atoms with van der Waals surface area (Å²) >= 11 is 0. The number of carbonyl (C=O) groups excluding carboxylic acids is 2. The van der Waals surface area contributed by atoms with Crippen molar-refractivity contribution < 1.29 is 14.3 Å². The topological polar surface area (TPSA) is 93.8 Å². The molecule has 30 heavy (non-hydrogen) atoms. The highest BCUT2D eigenvalue weighted by molar-refractivity contribution is 5.94. The third-order valence-corrected chi connectivity index (χ3v) is 5.01. The van der Waals surface area contributed by atoms with Gasteiger partial charge in [-0.1, -0.05) is 70.0 Å². The lowest BCUT2D eigenvalue weighted by atomic mass is 9.99. The maximum Gasteiger partial charge on any atom is 0.356 e. The Morgan fingerprint density at radius 1 is 1.20 bits per heavy atom. The van der Waals surface area contributed by atoms with Crippen molar-refractivity contribution in [3.63, 3.8) is 0 Å². The number of hydrogen-bond acceptors (Lipinski definition) is 5. The number of aliphatic imine (C=N–C) groups is 1. The molecule has 1 aromatic carbocycles. The second-order valence-electron chi connectivity index (χ2n) is 7.47. The summed E-state index contributed by atoms with van der Waals surface area (Å²) in [5, 5.41) is 2.90. The molecular weight excluding hydrogens is 378 g/mol. The van der Waals surface area contributed by atoms with Crippen molar-refractivity contribution in [1.82, 2.24) is 5.32 Å². The molecule has 1 amide bonds. The SMILES string of the molecule is C/C=C(\N=C(CCC)CCCNC(=O)C(N)C(C)CC)C(=O)OCc1ccccc1. The largest absolute Gasteiger partial charge is 0.456 e. The van der Waals surface area contributed by atoms with Crippen LogP contribution in [0.25, 0.3) is 0 Å². The first-order chi connectivity index (χ1) is 14.4. The Hall–Kier alpha value is -2.47. The summed E-state index contributed by atoms with van der Waals surface area (Å²) in [6.07, 6.45) is 5.72. The van der Waals surface area contributed by atoms with Gasteiger partial charge in [-0.05, 0) is 37.7 Å². The molecule has 0 heterocycles. The van der Waals surface area contributed by atoms with Crippen LogP contribution in [0.4, 0.5) is 0 Å². The number of benzene rings is 1. The summed E-state index contributed by atoms with van der Waals surface area (Å²) in [6.45, 7) is 8.61. The van der Waals surface area contributed by atoms with E-state index in [2.05, 4.69) is 17.2 Å². The normalized spacial score (nSPS) is 14.2. The molecule has 2 atom stereocenters. The van der Waals surface area contributed by atoms with Crippen LogP contribution in [0.5, 0.6) is 0 Å². The van der Waals surface area contributed by atoms with Crippen LogP contribution < -0.4 is 11.1 Å². The molecule has 0 saturated heterocycles. The number of allylic oxidation sites excluding steroid dienone is 1. The van der Waals surface area contributed by atoms with Crippen molar-refractivity contribution in [3.8, 4) is 0 Å². The zero-order valence-corrected chi connectivity index (χ0v) is 18.8. The van der Waals surface area contributed by atoms with E-state index in [1.807, 2.05) is 44.2 Å². The molecule has 0 radical (unpaired) electrons. The Morgan fingerprint density at radius 3 is 2.50 bits per heavy atom. The van der Waals surface area contributed by atoms with Gasteiger partial charge in [0.15, 0.2) is 0 Å². The smallest absolute Gasteiger partial charge is 0.356 e.